The van der Waals surface area contributed by atoms with Crippen molar-refractivity contribution in [3.05, 3.63) is 0 Å². The van der Waals surface area contributed by atoms with E-state index in [-0.39, 0.29) is 18.0 Å². The van der Waals surface area contributed by atoms with Crippen LogP contribution in [-0.2, 0) is 4.79 Å². The Bertz CT molecular complexity index is 206. The predicted octanol–water partition coefficient (Wildman–Crippen LogP) is -0.114. The topological polar surface area (TPSA) is 49.6 Å². The minimum Gasteiger partial charge on any atom is -0.344 e. The number of hydrogen-bond acceptors (Lipinski definition) is 3. The van der Waals surface area contributed by atoms with E-state index in [1.807, 2.05) is 25.8 Å². The molecule has 1 heterocycles. The number of nitrogens with zero attached hydrogens (tertiary/aromatic N) is 2. The van der Waals surface area contributed by atoms with Crippen molar-refractivity contribution < 1.29 is 4.79 Å². The summed E-state index contributed by atoms with van der Waals surface area (Å²) in [4.78, 5) is 15.8. The van der Waals surface area contributed by atoms with Crippen LogP contribution in [0.25, 0.3) is 0 Å². The molecule has 4 nitrogen and oxygen atoms in total. The lowest BCUT2D eigenvalue weighted by atomic mass is 10.2. The van der Waals surface area contributed by atoms with E-state index >= 15 is 0 Å². The molecular formula is C10H21N3O. The highest BCUT2D eigenvalue weighted by Crippen LogP contribution is 2.09. The third kappa shape index (κ3) is 2.69. The predicted molar refractivity (Wildman–Crippen MR) is 56.9 cm³/mol. The minimum absolute atomic E-state index is 0.0199. The zero-order chi connectivity index (χ0) is 10.7. The van der Waals surface area contributed by atoms with Crippen molar-refractivity contribution in [2.75, 3.05) is 26.7 Å². The summed E-state index contributed by atoms with van der Waals surface area (Å²) in [6.45, 7) is 6.58. The summed E-state index contributed by atoms with van der Waals surface area (Å²) < 4.78 is 0. The average molecular weight is 199 g/mol. The van der Waals surface area contributed by atoms with E-state index in [0.29, 0.717) is 0 Å². The summed E-state index contributed by atoms with van der Waals surface area (Å²) in [6, 6.07) is 0.113. The molecule has 0 aromatic rings. The molecule has 0 saturated carbocycles. The van der Waals surface area contributed by atoms with Gasteiger partial charge in [-0.25, -0.2) is 0 Å². The van der Waals surface area contributed by atoms with Gasteiger partial charge in [-0.05, 0) is 20.3 Å². The summed E-state index contributed by atoms with van der Waals surface area (Å²) in [5, 5.41) is 0. The number of nitrogens with two attached hydrogens (primary N) is 1. The Balaban J connectivity index is 2.62. The van der Waals surface area contributed by atoms with Gasteiger partial charge in [-0.3, -0.25) is 9.69 Å². The molecule has 2 atom stereocenters. The van der Waals surface area contributed by atoms with Crippen molar-refractivity contribution in [2.24, 2.45) is 5.73 Å². The number of rotatable bonds is 2. The van der Waals surface area contributed by atoms with E-state index in [1.165, 1.54) is 0 Å². The van der Waals surface area contributed by atoms with Crippen molar-refractivity contribution >= 4 is 5.91 Å². The highest BCUT2D eigenvalue weighted by atomic mass is 16.2. The Labute approximate surface area is 86.0 Å². The van der Waals surface area contributed by atoms with Gasteiger partial charge in [0.25, 0.3) is 0 Å². The van der Waals surface area contributed by atoms with Gasteiger partial charge in [-0.15, -0.1) is 0 Å². The van der Waals surface area contributed by atoms with Crippen LogP contribution in [0.4, 0.5) is 0 Å². The van der Waals surface area contributed by atoms with Gasteiger partial charge < -0.3 is 10.6 Å². The second-order valence-electron chi connectivity index (χ2n) is 4.26. The van der Waals surface area contributed by atoms with Gasteiger partial charge in [0.05, 0.1) is 6.04 Å². The number of hydrogen-bond donors (Lipinski definition) is 1. The summed E-state index contributed by atoms with van der Waals surface area (Å²) in [7, 11) is 1.87. The van der Waals surface area contributed by atoms with E-state index in [4.69, 9.17) is 5.73 Å². The quantitative estimate of drug-likeness (QED) is 0.675. The SMILES string of the molecule is CC(N)CN1CCCN(C)C(=O)C1C. The fraction of sp³-hybridized carbons (Fsp3) is 0.900. The summed E-state index contributed by atoms with van der Waals surface area (Å²) in [6.07, 6.45) is 1.04. The standard InChI is InChI=1S/C10H21N3O/c1-8(11)7-13-6-4-5-12(3)10(14)9(13)2/h8-9H,4-7,11H2,1-3H3. The van der Waals surface area contributed by atoms with Crippen LogP contribution in [0.2, 0.25) is 0 Å². The Kier molecular flexibility index (Phi) is 3.89. The maximum Gasteiger partial charge on any atom is 0.239 e. The molecule has 1 aliphatic rings. The minimum atomic E-state index is -0.0199. The van der Waals surface area contributed by atoms with E-state index in [2.05, 4.69) is 4.90 Å². The molecule has 1 rings (SSSR count). The van der Waals surface area contributed by atoms with Gasteiger partial charge in [-0.2, -0.15) is 0 Å². The fourth-order valence-electron chi connectivity index (χ4n) is 1.91. The van der Waals surface area contributed by atoms with Gasteiger partial charge in [0.1, 0.15) is 0 Å². The molecule has 14 heavy (non-hydrogen) atoms. The highest BCUT2D eigenvalue weighted by molar-refractivity contribution is 5.81. The summed E-state index contributed by atoms with van der Waals surface area (Å²) in [5.74, 6) is 0.211. The summed E-state index contributed by atoms with van der Waals surface area (Å²) in [5.41, 5.74) is 5.75. The van der Waals surface area contributed by atoms with Crippen LogP contribution in [0.3, 0.4) is 0 Å². The molecule has 1 saturated heterocycles. The molecule has 0 spiro atoms. The van der Waals surface area contributed by atoms with Crippen LogP contribution < -0.4 is 5.73 Å². The number of carbonyl (C=O) groups is 1. The third-order valence-corrected chi connectivity index (χ3v) is 2.74. The molecule has 1 amide bonds. The molecule has 0 radical (unpaired) electrons. The van der Waals surface area contributed by atoms with Gasteiger partial charge >= 0.3 is 0 Å². The maximum atomic E-state index is 11.8. The molecule has 1 fully saturated rings. The normalized spacial score (nSPS) is 27.6. The van der Waals surface area contributed by atoms with Crippen LogP contribution >= 0.6 is 0 Å². The first-order valence-corrected chi connectivity index (χ1v) is 5.27. The molecule has 82 valence electrons. The molecule has 0 aromatic carbocycles. The van der Waals surface area contributed by atoms with Crippen LogP contribution in [-0.4, -0.2) is 54.5 Å². The molecule has 4 heteroatoms. The number of amides is 1. The largest absolute Gasteiger partial charge is 0.344 e. The van der Waals surface area contributed by atoms with Crippen LogP contribution in [0.5, 0.6) is 0 Å². The van der Waals surface area contributed by atoms with Crippen LogP contribution in [0.15, 0.2) is 0 Å². The zero-order valence-electron chi connectivity index (χ0n) is 9.36. The molecule has 1 aliphatic heterocycles. The zero-order valence-corrected chi connectivity index (χ0v) is 9.36. The van der Waals surface area contributed by atoms with E-state index in [0.717, 1.165) is 26.1 Å². The second kappa shape index (κ2) is 4.75. The second-order valence-corrected chi connectivity index (χ2v) is 4.26. The first-order valence-electron chi connectivity index (χ1n) is 5.27. The lowest BCUT2D eigenvalue weighted by Gasteiger charge is -2.27. The molecular weight excluding hydrogens is 178 g/mol. The molecule has 2 N–H and O–H groups in total. The Hall–Kier alpha value is -0.610. The van der Waals surface area contributed by atoms with E-state index in [1.54, 1.807) is 0 Å². The first-order chi connectivity index (χ1) is 6.52. The van der Waals surface area contributed by atoms with Crippen molar-refractivity contribution in [3.63, 3.8) is 0 Å². The number of carbonyl (C=O) groups excluding carboxylic acids is 1. The smallest absolute Gasteiger partial charge is 0.239 e. The third-order valence-electron chi connectivity index (χ3n) is 2.74. The molecule has 0 bridgehead atoms. The Morgan fingerprint density at radius 2 is 2.21 bits per heavy atom. The van der Waals surface area contributed by atoms with Crippen LogP contribution in [0.1, 0.15) is 20.3 Å². The molecule has 0 aromatic heterocycles. The Morgan fingerprint density at radius 1 is 1.57 bits per heavy atom. The molecule has 0 aliphatic carbocycles. The Morgan fingerprint density at radius 3 is 2.79 bits per heavy atom. The van der Waals surface area contributed by atoms with E-state index in [9.17, 15) is 4.79 Å². The van der Waals surface area contributed by atoms with E-state index < -0.39 is 0 Å². The van der Waals surface area contributed by atoms with Crippen molar-refractivity contribution in [3.8, 4) is 0 Å². The monoisotopic (exact) mass is 199 g/mol. The lowest BCUT2D eigenvalue weighted by molar-refractivity contribution is -0.133. The first kappa shape index (κ1) is 11.5. The average Bonchev–Trinajstić information content (AvgIpc) is 2.21. The van der Waals surface area contributed by atoms with Crippen molar-refractivity contribution in [1.29, 1.82) is 0 Å². The highest BCUT2D eigenvalue weighted by Gasteiger charge is 2.27. The summed E-state index contributed by atoms with van der Waals surface area (Å²) >= 11 is 0. The van der Waals surface area contributed by atoms with Crippen molar-refractivity contribution in [1.82, 2.24) is 9.80 Å². The van der Waals surface area contributed by atoms with Gasteiger partial charge in [0, 0.05) is 32.7 Å². The van der Waals surface area contributed by atoms with Crippen LogP contribution in [0, 0.1) is 0 Å². The molecule has 2 unspecified atom stereocenters. The van der Waals surface area contributed by atoms with Gasteiger partial charge in [-0.1, -0.05) is 0 Å². The maximum absolute atomic E-state index is 11.8. The van der Waals surface area contributed by atoms with Gasteiger partial charge in [0.15, 0.2) is 0 Å². The van der Waals surface area contributed by atoms with Crippen molar-refractivity contribution in [2.45, 2.75) is 32.4 Å². The fourth-order valence-corrected chi connectivity index (χ4v) is 1.91. The number of likely N-dealkylation sites (N-methyl/N-ethyl adjacent to an activating group) is 1. The lowest BCUT2D eigenvalue weighted by Crippen LogP contribution is -2.46. The van der Waals surface area contributed by atoms with Gasteiger partial charge in [0.2, 0.25) is 5.91 Å².